The van der Waals surface area contributed by atoms with Gasteiger partial charge in [0.1, 0.15) is 16.1 Å². The van der Waals surface area contributed by atoms with Gasteiger partial charge in [0.2, 0.25) is 0 Å². The van der Waals surface area contributed by atoms with E-state index < -0.39 is 0 Å². The Labute approximate surface area is 150 Å². The molecule has 1 N–H and O–H groups in total. The molecule has 1 amide bonds. The van der Waals surface area contributed by atoms with Crippen LogP contribution in [0, 0.1) is 0 Å². The van der Waals surface area contributed by atoms with Gasteiger partial charge in [-0.05, 0) is 18.2 Å². The second-order valence-corrected chi connectivity index (χ2v) is 7.48. The Morgan fingerprint density at radius 3 is 2.71 bits per heavy atom. The molecule has 0 atom stereocenters. The van der Waals surface area contributed by atoms with E-state index in [9.17, 15) is 4.79 Å². The van der Waals surface area contributed by atoms with Crippen LogP contribution in [0.5, 0.6) is 5.75 Å². The number of fused-ring (bicyclic) bond motifs is 2. The molecule has 4 nitrogen and oxygen atoms in total. The number of hydrogen-bond acceptors (Lipinski definition) is 5. The molecule has 0 saturated heterocycles. The van der Waals surface area contributed by atoms with E-state index in [1.165, 1.54) is 22.7 Å². The lowest BCUT2D eigenvalue weighted by atomic mass is 10.2. The minimum Gasteiger partial charge on any atom is -0.494 e. The van der Waals surface area contributed by atoms with Gasteiger partial charge < -0.3 is 4.74 Å². The summed E-state index contributed by atoms with van der Waals surface area (Å²) < 4.78 is 7.24. The number of nitrogens with zero attached hydrogens (tertiary/aromatic N) is 1. The van der Waals surface area contributed by atoms with Crippen LogP contribution in [-0.2, 0) is 0 Å². The van der Waals surface area contributed by atoms with Crippen molar-refractivity contribution >= 4 is 65.6 Å². The summed E-state index contributed by atoms with van der Waals surface area (Å²) in [4.78, 5) is 17.5. The van der Waals surface area contributed by atoms with Gasteiger partial charge in [0, 0.05) is 10.1 Å². The van der Waals surface area contributed by atoms with E-state index in [0.717, 1.165) is 20.3 Å². The number of halogens is 1. The number of nitrogens with one attached hydrogen (secondary N) is 1. The van der Waals surface area contributed by atoms with Crippen molar-refractivity contribution in [2.45, 2.75) is 0 Å². The number of anilines is 1. The number of thiazole rings is 1. The van der Waals surface area contributed by atoms with Crippen LogP contribution >= 0.6 is 34.3 Å². The summed E-state index contributed by atoms with van der Waals surface area (Å²) in [5.74, 6) is 0.434. The van der Waals surface area contributed by atoms with Crippen molar-refractivity contribution in [2.24, 2.45) is 0 Å². The van der Waals surface area contributed by atoms with Crippen LogP contribution in [0.3, 0.4) is 0 Å². The zero-order valence-electron chi connectivity index (χ0n) is 12.5. The van der Waals surface area contributed by atoms with Crippen molar-refractivity contribution in [1.29, 1.82) is 0 Å². The summed E-state index contributed by atoms with van der Waals surface area (Å²) in [6.45, 7) is 0. The van der Waals surface area contributed by atoms with Gasteiger partial charge in [-0.25, -0.2) is 4.98 Å². The summed E-state index contributed by atoms with van der Waals surface area (Å²) in [7, 11) is 1.60. The quantitative estimate of drug-likeness (QED) is 0.520. The predicted molar refractivity (Wildman–Crippen MR) is 101 cm³/mol. The molecule has 0 aliphatic carbocycles. The summed E-state index contributed by atoms with van der Waals surface area (Å²) in [5.41, 5.74) is 0.739. The Morgan fingerprint density at radius 1 is 1.12 bits per heavy atom. The lowest BCUT2D eigenvalue weighted by Crippen LogP contribution is -2.10. The van der Waals surface area contributed by atoms with Gasteiger partial charge in [0.15, 0.2) is 5.13 Å². The molecule has 0 aliphatic heterocycles. The van der Waals surface area contributed by atoms with Crippen molar-refractivity contribution in [3.63, 3.8) is 0 Å². The zero-order valence-corrected chi connectivity index (χ0v) is 14.9. The van der Waals surface area contributed by atoms with Gasteiger partial charge in [-0.2, -0.15) is 0 Å². The van der Waals surface area contributed by atoms with E-state index in [1.54, 1.807) is 7.11 Å². The van der Waals surface area contributed by atoms with Gasteiger partial charge >= 0.3 is 0 Å². The SMILES string of the molecule is COc1cccc2sc(NC(=O)c3sc4ccccc4c3Cl)nc12. The molecule has 4 aromatic rings. The van der Waals surface area contributed by atoms with E-state index in [-0.39, 0.29) is 5.91 Å². The first-order chi connectivity index (χ1) is 11.7. The minimum atomic E-state index is -0.251. The van der Waals surface area contributed by atoms with Crippen LogP contribution < -0.4 is 10.1 Å². The van der Waals surface area contributed by atoms with Crippen molar-refractivity contribution < 1.29 is 9.53 Å². The lowest BCUT2D eigenvalue weighted by Gasteiger charge is -1.99. The molecule has 120 valence electrons. The van der Waals surface area contributed by atoms with E-state index in [4.69, 9.17) is 16.3 Å². The highest BCUT2D eigenvalue weighted by molar-refractivity contribution is 7.23. The minimum absolute atomic E-state index is 0.251. The Morgan fingerprint density at radius 2 is 1.92 bits per heavy atom. The maximum atomic E-state index is 12.6. The van der Waals surface area contributed by atoms with E-state index >= 15 is 0 Å². The van der Waals surface area contributed by atoms with Crippen LogP contribution in [0.25, 0.3) is 20.3 Å². The normalized spacial score (nSPS) is 11.1. The van der Waals surface area contributed by atoms with E-state index in [2.05, 4.69) is 10.3 Å². The Balaban J connectivity index is 1.69. The first-order valence-electron chi connectivity index (χ1n) is 7.09. The molecule has 4 rings (SSSR count). The summed E-state index contributed by atoms with van der Waals surface area (Å²) in [5, 5.41) is 4.73. The number of carbonyl (C=O) groups excluding carboxylic acids is 1. The predicted octanol–water partition coefficient (Wildman–Crippen LogP) is 5.43. The molecule has 0 spiro atoms. The fraction of sp³-hybridized carbons (Fsp3) is 0.0588. The number of carbonyl (C=O) groups is 1. The number of benzene rings is 2. The van der Waals surface area contributed by atoms with Gasteiger partial charge in [0.25, 0.3) is 5.91 Å². The number of hydrogen-bond donors (Lipinski definition) is 1. The molecule has 0 unspecified atom stereocenters. The van der Waals surface area contributed by atoms with Crippen LogP contribution in [0.15, 0.2) is 42.5 Å². The fourth-order valence-electron chi connectivity index (χ4n) is 2.46. The Hall–Kier alpha value is -2.15. The molecule has 2 aromatic heterocycles. The topological polar surface area (TPSA) is 51.2 Å². The summed E-state index contributed by atoms with van der Waals surface area (Å²) >= 11 is 9.13. The molecular weight excluding hydrogens is 364 g/mol. The standard InChI is InChI=1S/C17H11ClN2O2S2/c1-22-10-6-4-8-12-14(10)19-17(24-12)20-16(21)15-13(18)9-5-2-3-7-11(9)23-15/h2-8H,1H3,(H,19,20,21). The highest BCUT2D eigenvalue weighted by Gasteiger charge is 2.18. The second kappa shape index (κ2) is 6.05. The van der Waals surface area contributed by atoms with Gasteiger partial charge in [0.05, 0.1) is 16.8 Å². The molecule has 0 aliphatic rings. The van der Waals surface area contributed by atoms with Gasteiger partial charge in [-0.3, -0.25) is 10.1 Å². The van der Waals surface area contributed by atoms with Crippen molar-refractivity contribution in [3.05, 3.63) is 52.4 Å². The third kappa shape index (κ3) is 2.53. The van der Waals surface area contributed by atoms with Crippen LogP contribution in [0.1, 0.15) is 9.67 Å². The number of para-hydroxylation sites is 1. The second-order valence-electron chi connectivity index (χ2n) is 5.02. The average Bonchev–Trinajstić information content (AvgIpc) is 3.15. The molecule has 7 heteroatoms. The number of ether oxygens (including phenoxy) is 1. The molecule has 0 fully saturated rings. The van der Waals surface area contributed by atoms with Crippen LogP contribution in [0.4, 0.5) is 5.13 Å². The number of amides is 1. The first-order valence-corrected chi connectivity index (χ1v) is 9.10. The Kier molecular flexibility index (Phi) is 3.88. The van der Waals surface area contributed by atoms with Crippen molar-refractivity contribution in [2.75, 3.05) is 12.4 Å². The third-order valence-electron chi connectivity index (χ3n) is 3.56. The molecule has 2 aromatic carbocycles. The van der Waals surface area contributed by atoms with Crippen LogP contribution in [-0.4, -0.2) is 18.0 Å². The van der Waals surface area contributed by atoms with Crippen molar-refractivity contribution in [3.8, 4) is 5.75 Å². The lowest BCUT2D eigenvalue weighted by molar-refractivity contribution is 0.103. The van der Waals surface area contributed by atoms with Gasteiger partial charge in [-0.15, -0.1) is 11.3 Å². The average molecular weight is 375 g/mol. The number of methoxy groups -OCH3 is 1. The molecule has 0 radical (unpaired) electrons. The number of aromatic nitrogens is 1. The third-order valence-corrected chi connectivity index (χ3v) is 6.17. The maximum absolute atomic E-state index is 12.6. The smallest absolute Gasteiger partial charge is 0.269 e. The fourth-order valence-corrected chi connectivity index (χ4v) is 4.75. The highest BCUT2D eigenvalue weighted by atomic mass is 35.5. The van der Waals surface area contributed by atoms with E-state index in [1.807, 2.05) is 42.5 Å². The van der Waals surface area contributed by atoms with Crippen LogP contribution in [0.2, 0.25) is 5.02 Å². The molecule has 0 saturated carbocycles. The Bertz CT molecular complexity index is 1070. The highest BCUT2D eigenvalue weighted by Crippen LogP contribution is 2.37. The monoisotopic (exact) mass is 374 g/mol. The summed E-state index contributed by atoms with van der Waals surface area (Å²) in [6, 6.07) is 13.4. The van der Waals surface area contributed by atoms with E-state index in [0.29, 0.717) is 20.8 Å². The van der Waals surface area contributed by atoms with Gasteiger partial charge in [-0.1, -0.05) is 47.2 Å². The summed E-state index contributed by atoms with van der Waals surface area (Å²) in [6.07, 6.45) is 0. The van der Waals surface area contributed by atoms with Crippen molar-refractivity contribution in [1.82, 2.24) is 4.98 Å². The zero-order chi connectivity index (χ0) is 16.7. The molecule has 24 heavy (non-hydrogen) atoms. The molecule has 0 bridgehead atoms. The number of rotatable bonds is 3. The molecular formula is C17H11ClN2O2S2. The molecule has 2 heterocycles. The largest absolute Gasteiger partial charge is 0.494 e. The first kappa shape index (κ1) is 15.4. The maximum Gasteiger partial charge on any atom is 0.269 e. The number of thiophene rings is 1.